The van der Waals surface area contributed by atoms with Crippen LogP contribution in [0.4, 0.5) is 0 Å². The Morgan fingerprint density at radius 1 is 1.30 bits per heavy atom. The SMILES string of the molecule is COCCCOc1cc2c(nc1OC)-c1cc(=O)c(C(=O)N=O)cn1CC2. The largest absolute Gasteiger partial charge is 0.488 e. The molecular formula is C18H19N3O6. The Morgan fingerprint density at radius 2 is 2.11 bits per heavy atom. The standard InChI is InChI=1S/C18H19N3O6/c1-25-6-3-7-27-15-8-11-4-5-21-10-12(17(23)20-24)14(22)9-13(21)16(11)19-18(15)26-2/h8-10H,3-7H2,1-2H3. The Balaban J connectivity index is 1.99. The van der Waals surface area contributed by atoms with Crippen LogP contribution < -0.4 is 14.9 Å². The molecule has 0 fully saturated rings. The van der Waals surface area contributed by atoms with Gasteiger partial charge in [0, 0.05) is 44.1 Å². The van der Waals surface area contributed by atoms with E-state index >= 15 is 0 Å². The first-order valence-electron chi connectivity index (χ1n) is 8.41. The molecule has 0 atom stereocenters. The molecule has 0 saturated carbocycles. The highest BCUT2D eigenvalue weighted by Crippen LogP contribution is 2.35. The van der Waals surface area contributed by atoms with Crippen LogP contribution in [-0.4, -0.2) is 42.9 Å². The zero-order valence-electron chi connectivity index (χ0n) is 15.1. The molecule has 0 unspecified atom stereocenters. The zero-order valence-corrected chi connectivity index (χ0v) is 15.1. The molecule has 2 aromatic rings. The van der Waals surface area contributed by atoms with Crippen molar-refractivity contribution in [3.8, 4) is 23.0 Å². The lowest BCUT2D eigenvalue weighted by Gasteiger charge is -2.23. The maximum absolute atomic E-state index is 12.2. The lowest BCUT2D eigenvalue weighted by atomic mass is 10.0. The second kappa shape index (κ2) is 8.09. The van der Waals surface area contributed by atoms with Gasteiger partial charge < -0.3 is 18.8 Å². The number of fused-ring (bicyclic) bond motifs is 3. The summed E-state index contributed by atoms with van der Waals surface area (Å²) in [5.41, 5.74) is 1.22. The minimum atomic E-state index is -1.08. The molecule has 0 N–H and O–H groups in total. The van der Waals surface area contributed by atoms with Gasteiger partial charge in [-0.15, -0.1) is 4.91 Å². The maximum Gasteiger partial charge on any atom is 0.322 e. The molecule has 1 amide bonds. The third-order valence-corrected chi connectivity index (χ3v) is 4.28. The van der Waals surface area contributed by atoms with Gasteiger partial charge in [0.15, 0.2) is 11.2 Å². The van der Waals surface area contributed by atoms with Crippen molar-refractivity contribution in [3.63, 3.8) is 0 Å². The number of aromatic nitrogens is 2. The molecule has 3 heterocycles. The summed E-state index contributed by atoms with van der Waals surface area (Å²) in [5.74, 6) is -0.242. The number of hydrogen-bond donors (Lipinski definition) is 0. The lowest BCUT2D eigenvalue weighted by Crippen LogP contribution is -2.22. The van der Waals surface area contributed by atoms with E-state index in [0.717, 1.165) is 12.0 Å². The van der Waals surface area contributed by atoms with Crippen LogP contribution in [0.2, 0.25) is 0 Å². The highest BCUT2D eigenvalue weighted by molar-refractivity contribution is 5.94. The molecule has 142 valence electrons. The Kier molecular flexibility index (Phi) is 5.60. The molecule has 9 nitrogen and oxygen atoms in total. The van der Waals surface area contributed by atoms with Crippen molar-refractivity contribution in [2.45, 2.75) is 19.4 Å². The Hall–Kier alpha value is -3.07. The number of ether oxygens (including phenoxy) is 3. The van der Waals surface area contributed by atoms with Crippen molar-refractivity contribution in [2.75, 3.05) is 27.4 Å². The first-order chi connectivity index (χ1) is 13.1. The van der Waals surface area contributed by atoms with Crippen LogP contribution >= 0.6 is 0 Å². The van der Waals surface area contributed by atoms with E-state index < -0.39 is 11.3 Å². The molecule has 1 aliphatic rings. The van der Waals surface area contributed by atoms with E-state index in [4.69, 9.17) is 14.2 Å². The van der Waals surface area contributed by atoms with Gasteiger partial charge in [-0.1, -0.05) is 0 Å². The van der Waals surface area contributed by atoms with Gasteiger partial charge in [0.05, 0.1) is 25.1 Å². The van der Waals surface area contributed by atoms with Gasteiger partial charge in [0.25, 0.3) is 5.88 Å². The first-order valence-corrected chi connectivity index (χ1v) is 8.41. The highest BCUT2D eigenvalue weighted by atomic mass is 16.5. The second-order valence-corrected chi connectivity index (χ2v) is 5.97. The van der Waals surface area contributed by atoms with E-state index in [9.17, 15) is 14.5 Å². The third kappa shape index (κ3) is 3.72. The van der Waals surface area contributed by atoms with Gasteiger partial charge in [-0.2, -0.15) is 0 Å². The van der Waals surface area contributed by atoms with Gasteiger partial charge in [-0.05, 0) is 18.1 Å². The number of aryl methyl sites for hydroxylation is 2. The predicted octanol–water partition coefficient (Wildman–Crippen LogP) is 1.80. The Morgan fingerprint density at radius 3 is 2.81 bits per heavy atom. The number of carbonyl (C=O) groups is 1. The highest BCUT2D eigenvalue weighted by Gasteiger charge is 2.23. The van der Waals surface area contributed by atoms with Crippen molar-refractivity contribution in [3.05, 3.63) is 44.6 Å². The molecule has 0 spiro atoms. The molecule has 0 saturated heterocycles. The van der Waals surface area contributed by atoms with Crippen molar-refractivity contribution >= 4 is 5.91 Å². The fraction of sp³-hybridized carbons (Fsp3) is 0.389. The summed E-state index contributed by atoms with van der Waals surface area (Å²) in [6.45, 7) is 1.58. The number of hydrogen-bond acceptors (Lipinski definition) is 7. The quantitative estimate of drug-likeness (QED) is 0.538. The Bertz CT molecular complexity index is 937. The smallest absolute Gasteiger partial charge is 0.322 e. The fourth-order valence-corrected chi connectivity index (χ4v) is 2.98. The van der Waals surface area contributed by atoms with Crippen LogP contribution in [0.15, 0.2) is 28.3 Å². The summed E-state index contributed by atoms with van der Waals surface area (Å²) in [4.78, 5) is 38.7. The summed E-state index contributed by atoms with van der Waals surface area (Å²) >= 11 is 0. The van der Waals surface area contributed by atoms with Gasteiger partial charge in [0.2, 0.25) is 0 Å². The number of amides is 1. The maximum atomic E-state index is 12.2. The molecule has 27 heavy (non-hydrogen) atoms. The van der Waals surface area contributed by atoms with E-state index in [1.54, 1.807) is 11.7 Å². The van der Waals surface area contributed by atoms with Crippen LogP contribution in [0.3, 0.4) is 0 Å². The van der Waals surface area contributed by atoms with Gasteiger partial charge >= 0.3 is 5.91 Å². The summed E-state index contributed by atoms with van der Waals surface area (Å²) in [6, 6.07) is 3.15. The fourth-order valence-electron chi connectivity index (χ4n) is 2.98. The zero-order chi connectivity index (χ0) is 19.4. The molecule has 0 aliphatic carbocycles. The minimum absolute atomic E-state index is 0.248. The number of nitroso groups, excluding NO2 is 1. The molecule has 1 aliphatic heterocycles. The molecule has 0 aromatic carbocycles. The van der Waals surface area contributed by atoms with Crippen molar-refractivity contribution < 1.29 is 19.0 Å². The summed E-state index contributed by atoms with van der Waals surface area (Å²) in [6.07, 6.45) is 2.71. The van der Waals surface area contributed by atoms with E-state index in [2.05, 4.69) is 10.2 Å². The normalized spacial score (nSPS) is 12.1. The average Bonchev–Trinajstić information content (AvgIpc) is 2.69. The molecule has 0 radical (unpaired) electrons. The van der Waals surface area contributed by atoms with Crippen LogP contribution in [0, 0.1) is 4.91 Å². The predicted molar refractivity (Wildman–Crippen MR) is 96.3 cm³/mol. The van der Waals surface area contributed by atoms with Crippen LogP contribution in [-0.2, 0) is 17.7 Å². The molecule has 9 heteroatoms. The van der Waals surface area contributed by atoms with E-state index in [1.165, 1.54) is 19.4 Å². The van der Waals surface area contributed by atoms with E-state index in [-0.39, 0.29) is 5.56 Å². The lowest BCUT2D eigenvalue weighted by molar-refractivity contribution is 0.0999. The van der Waals surface area contributed by atoms with Crippen LogP contribution in [0.5, 0.6) is 11.6 Å². The van der Waals surface area contributed by atoms with Crippen molar-refractivity contribution in [1.82, 2.24) is 9.55 Å². The van der Waals surface area contributed by atoms with Crippen LogP contribution in [0.25, 0.3) is 11.4 Å². The van der Waals surface area contributed by atoms with Gasteiger partial charge in [-0.25, -0.2) is 4.98 Å². The van der Waals surface area contributed by atoms with Gasteiger partial charge in [-0.3, -0.25) is 9.59 Å². The summed E-state index contributed by atoms with van der Waals surface area (Å²) in [5, 5.41) is 2.33. The third-order valence-electron chi connectivity index (χ3n) is 4.28. The van der Waals surface area contributed by atoms with E-state index in [1.807, 2.05) is 6.07 Å². The number of methoxy groups -OCH3 is 2. The van der Waals surface area contributed by atoms with Crippen molar-refractivity contribution in [1.29, 1.82) is 0 Å². The second-order valence-electron chi connectivity index (χ2n) is 5.97. The Labute approximate surface area is 154 Å². The van der Waals surface area contributed by atoms with Crippen LogP contribution in [0.1, 0.15) is 22.3 Å². The molecule has 0 bridgehead atoms. The number of carbonyl (C=O) groups excluding carboxylic acids is 1. The first kappa shape index (κ1) is 18.7. The minimum Gasteiger partial charge on any atom is -0.488 e. The molecule has 2 aromatic heterocycles. The monoisotopic (exact) mass is 373 g/mol. The number of nitrogens with zero attached hydrogens (tertiary/aromatic N) is 3. The number of rotatable bonds is 7. The topological polar surface area (TPSA) is 109 Å². The summed E-state index contributed by atoms with van der Waals surface area (Å²) in [7, 11) is 3.12. The average molecular weight is 373 g/mol. The van der Waals surface area contributed by atoms with Crippen molar-refractivity contribution in [2.24, 2.45) is 5.18 Å². The molecule has 3 rings (SSSR count). The summed E-state index contributed by atoms with van der Waals surface area (Å²) < 4.78 is 17.8. The number of pyridine rings is 2. The van der Waals surface area contributed by atoms with E-state index in [0.29, 0.717) is 49.2 Å². The molecular weight excluding hydrogens is 354 g/mol. The van der Waals surface area contributed by atoms with Gasteiger partial charge in [0.1, 0.15) is 5.56 Å².